The first-order valence-electron chi connectivity index (χ1n) is 8.58. The number of rotatable bonds is 5. The molecule has 2 rings (SSSR count). The number of benzene rings is 1. The minimum absolute atomic E-state index is 0.235. The number of ether oxygens (including phenoxy) is 1. The molecule has 1 saturated carbocycles. The van der Waals surface area contributed by atoms with Crippen LogP contribution in [0.3, 0.4) is 0 Å². The normalized spacial score (nSPS) is 23.1. The fourth-order valence-corrected chi connectivity index (χ4v) is 3.28. The number of hydrogen-bond donors (Lipinski definition) is 1. The highest BCUT2D eigenvalue weighted by Gasteiger charge is 2.20. The Labute approximate surface area is 130 Å². The van der Waals surface area contributed by atoms with Crippen molar-refractivity contribution in [3.05, 3.63) is 24.3 Å². The van der Waals surface area contributed by atoms with Crippen LogP contribution in [0, 0.1) is 11.8 Å². The average Bonchev–Trinajstić information content (AvgIpc) is 2.66. The summed E-state index contributed by atoms with van der Waals surface area (Å²) in [6.07, 6.45) is 6.95. The van der Waals surface area contributed by atoms with Gasteiger partial charge in [-0.2, -0.15) is 0 Å². The Bertz CT molecular complexity index is 410. The molecule has 1 N–H and O–H groups in total. The van der Waals surface area contributed by atoms with Gasteiger partial charge in [-0.25, -0.2) is 0 Å². The van der Waals surface area contributed by atoms with Crippen LogP contribution in [0.15, 0.2) is 24.3 Å². The minimum atomic E-state index is 0.235. The quantitative estimate of drug-likeness (QED) is 0.724. The summed E-state index contributed by atoms with van der Waals surface area (Å²) in [5.74, 6) is 2.70. The summed E-state index contributed by atoms with van der Waals surface area (Å²) in [6, 6.07) is 9.04. The van der Waals surface area contributed by atoms with Gasteiger partial charge in [-0.15, -0.1) is 0 Å². The van der Waals surface area contributed by atoms with Crippen molar-refractivity contribution in [3.63, 3.8) is 0 Å². The lowest BCUT2D eigenvalue weighted by Gasteiger charge is -2.20. The van der Waals surface area contributed by atoms with E-state index >= 15 is 0 Å². The molecule has 118 valence electrons. The van der Waals surface area contributed by atoms with E-state index < -0.39 is 0 Å². The molecule has 1 aliphatic carbocycles. The van der Waals surface area contributed by atoms with E-state index in [1.165, 1.54) is 37.8 Å². The fourth-order valence-electron chi connectivity index (χ4n) is 3.28. The predicted molar refractivity (Wildman–Crippen MR) is 91.0 cm³/mol. The van der Waals surface area contributed by atoms with Gasteiger partial charge in [0.25, 0.3) is 0 Å². The van der Waals surface area contributed by atoms with Crippen molar-refractivity contribution >= 4 is 5.69 Å². The number of hydrogen-bond acceptors (Lipinski definition) is 2. The monoisotopic (exact) mass is 289 g/mol. The van der Waals surface area contributed by atoms with Crippen molar-refractivity contribution in [2.45, 2.75) is 71.9 Å². The predicted octanol–water partition coefficient (Wildman–Crippen LogP) is 5.49. The van der Waals surface area contributed by atoms with Gasteiger partial charge in [0, 0.05) is 11.7 Å². The summed E-state index contributed by atoms with van der Waals surface area (Å²) in [7, 11) is 0. The van der Waals surface area contributed by atoms with Crippen LogP contribution in [0.1, 0.15) is 59.8 Å². The van der Waals surface area contributed by atoms with Gasteiger partial charge in [0.1, 0.15) is 5.75 Å². The zero-order valence-corrected chi connectivity index (χ0v) is 14.1. The summed E-state index contributed by atoms with van der Waals surface area (Å²) in [6.45, 7) is 8.85. The van der Waals surface area contributed by atoms with Gasteiger partial charge in [-0.3, -0.25) is 0 Å². The van der Waals surface area contributed by atoms with Crippen LogP contribution in [0.2, 0.25) is 0 Å². The van der Waals surface area contributed by atoms with Gasteiger partial charge in [-0.1, -0.05) is 26.7 Å². The second kappa shape index (κ2) is 7.72. The zero-order chi connectivity index (χ0) is 15.2. The molecule has 2 atom stereocenters. The molecule has 0 aliphatic heterocycles. The molecule has 0 heterocycles. The molecule has 0 aromatic heterocycles. The molecule has 0 radical (unpaired) electrons. The Morgan fingerprint density at radius 2 is 1.67 bits per heavy atom. The summed E-state index contributed by atoms with van der Waals surface area (Å²) in [5, 5.41) is 3.71. The van der Waals surface area contributed by atoms with Crippen molar-refractivity contribution < 1.29 is 4.74 Å². The van der Waals surface area contributed by atoms with E-state index in [0.29, 0.717) is 6.04 Å². The summed E-state index contributed by atoms with van der Waals surface area (Å²) >= 11 is 0. The lowest BCUT2D eigenvalue weighted by molar-refractivity contribution is 0.242. The average molecular weight is 289 g/mol. The Kier molecular flexibility index (Phi) is 5.96. The third-order valence-corrected chi connectivity index (χ3v) is 4.55. The van der Waals surface area contributed by atoms with Crippen LogP contribution in [0.4, 0.5) is 5.69 Å². The first-order valence-corrected chi connectivity index (χ1v) is 8.58. The molecule has 21 heavy (non-hydrogen) atoms. The van der Waals surface area contributed by atoms with Crippen LogP contribution >= 0.6 is 0 Å². The highest BCUT2D eigenvalue weighted by atomic mass is 16.5. The molecule has 1 aliphatic rings. The van der Waals surface area contributed by atoms with E-state index in [2.05, 4.69) is 57.3 Å². The highest BCUT2D eigenvalue weighted by Crippen LogP contribution is 2.30. The molecule has 0 amide bonds. The SMILES string of the molecule is CC(C)Oc1ccc(NC2CCCC(C(C)C)CC2)cc1. The van der Waals surface area contributed by atoms with Gasteiger partial charge in [0.15, 0.2) is 0 Å². The maximum Gasteiger partial charge on any atom is 0.119 e. The van der Waals surface area contributed by atoms with E-state index in [9.17, 15) is 0 Å². The standard InChI is InChI=1S/C19H31NO/c1-14(2)16-6-5-7-17(9-8-16)20-18-10-12-19(13-11-18)21-15(3)4/h10-17,20H,5-9H2,1-4H3. The second-order valence-electron chi connectivity index (χ2n) is 7.04. The van der Waals surface area contributed by atoms with Gasteiger partial charge >= 0.3 is 0 Å². The van der Waals surface area contributed by atoms with E-state index in [1.54, 1.807) is 0 Å². The summed E-state index contributed by atoms with van der Waals surface area (Å²) in [4.78, 5) is 0. The van der Waals surface area contributed by atoms with Crippen LogP contribution in [-0.2, 0) is 0 Å². The van der Waals surface area contributed by atoms with Crippen LogP contribution in [0.5, 0.6) is 5.75 Å². The van der Waals surface area contributed by atoms with Gasteiger partial charge in [0.2, 0.25) is 0 Å². The first-order chi connectivity index (χ1) is 10.0. The number of anilines is 1. The molecular weight excluding hydrogens is 258 g/mol. The maximum absolute atomic E-state index is 5.69. The largest absolute Gasteiger partial charge is 0.491 e. The number of nitrogens with one attached hydrogen (secondary N) is 1. The van der Waals surface area contributed by atoms with E-state index in [1.807, 2.05) is 0 Å². The molecule has 1 aromatic carbocycles. The van der Waals surface area contributed by atoms with E-state index in [-0.39, 0.29) is 6.10 Å². The Balaban J connectivity index is 1.86. The van der Waals surface area contributed by atoms with Gasteiger partial charge < -0.3 is 10.1 Å². The summed E-state index contributed by atoms with van der Waals surface area (Å²) in [5.41, 5.74) is 1.22. The molecule has 0 saturated heterocycles. The van der Waals surface area contributed by atoms with Crippen molar-refractivity contribution in [2.75, 3.05) is 5.32 Å². The fraction of sp³-hybridized carbons (Fsp3) is 0.684. The van der Waals surface area contributed by atoms with Crippen molar-refractivity contribution in [3.8, 4) is 5.75 Å². The molecule has 1 fully saturated rings. The third kappa shape index (κ3) is 5.26. The molecule has 2 nitrogen and oxygen atoms in total. The van der Waals surface area contributed by atoms with Crippen molar-refractivity contribution in [1.29, 1.82) is 0 Å². The highest BCUT2D eigenvalue weighted by molar-refractivity contribution is 5.47. The Morgan fingerprint density at radius 1 is 0.952 bits per heavy atom. The maximum atomic E-state index is 5.69. The lowest BCUT2D eigenvalue weighted by atomic mass is 9.89. The molecule has 1 aromatic rings. The van der Waals surface area contributed by atoms with Crippen LogP contribution in [-0.4, -0.2) is 12.1 Å². The first kappa shape index (κ1) is 16.2. The molecule has 0 bridgehead atoms. The third-order valence-electron chi connectivity index (χ3n) is 4.55. The molecule has 2 heteroatoms. The summed E-state index contributed by atoms with van der Waals surface area (Å²) < 4.78 is 5.69. The van der Waals surface area contributed by atoms with Crippen molar-refractivity contribution in [1.82, 2.24) is 0 Å². The van der Waals surface area contributed by atoms with Crippen LogP contribution in [0.25, 0.3) is 0 Å². The van der Waals surface area contributed by atoms with Gasteiger partial charge in [0.05, 0.1) is 6.10 Å². The second-order valence-corrected chi connectivity index (χ2v) is 7.04. The van der Waals surface area contributed by atoms with Crippen LogP contribution < -0.4 is 10.1 Å². The zero-order valence-electron chi connectivity index (χ0n) is 14.1. The minimum Gasteiger partial charge on any atom is -0.491 e. The van der Waals surface area contributed by atoms with Gasteiger partial charge in [-0.05, 0) is 69.2 Å². The van der Waals surface area contributed by atoms with Crippen molar-refractivity contribution in [2.24, 2.45) is 11.8 Å². The Morgan fingerprint density at radius 3 is 2.29 bits per heavy atom. The Hall–Kier alpha value is -1.18. The molecule has 0 spiro atoms. The molecule has 2 unspecified atom stereocenters. The topological polar surface area (TPSA) is 21.3 Å². The van der Waals surface area contributed by atoms with E-state index in [4.69, 9.17) is 4.74 Å². The lowest BCUT2D eigenvalue weighted by Crippen LogP contribution is -2.18. The van der Waals surface area contributed by atoms with E-state index in [0.717, 1.165) is 17.6 Å². The molecular formula is C19H31NO. The smallest absolute Gasteiger partial charge is 0.119 e.